The summed E-state index contributed by atoms with van der Waals surface area (Å²) in [7, 11) is 0. The van der Waals surface area contributed by atoms with Crippen LogP contribution in [0.4, 0.5) is 5.69 Å². The van der Waals surface area contributed by atoms with Gasteiger partial charge >= 0.3 is 0 Å². The van der Waals surface area contributed by atoms with Crippen molar-refractivity contribution in [1.29, 1.82) is 0 Å². The highest BCUT2D eigenvalue weighted by Crippen LogP contribution is 2.36. The Balaban J connectivity index is 1.67. The average molecular weight is 343 g/mol. The highest BCUT2D eigenvalue weighted by Gasteiger charge is 2.33. The number of hydrogen-bond donors (Lipinski definition) is 2. The summed E-state index contributed by atoms with van der Waals surface area (Å²) >= 11 is 1.74. The van der Waals surface area contributed by atoms with Crippen LogP contribution in [0.15, 0.2) is 41.8 Å². The van der Waals surface area contributed by atoms with E-state index < -0.39 is 5.91 Å². The highest BCUT2D eigenvalue weighted by atomic mass is 32.1. The van der Waals surface area contributed by atoms with Crippen LogP contribution in [-0.2, 0) is 4.79 Å². The van der Waals surface area contributed by atoms with Crippen molar-refractivity contribution in [2.24, 2.45) is 5.73 Å². The number of carbonyl (C=O) groups excluding carboxylic acids is 2. The molecule has 0 unspecified atom stereocenters. The SMILES string of the molecule is C[C@@H](C(=O)Nc1ccc(C(N)=O)cc1)N1CCC[C@@H]1c1cccs1. The van der Waals surface area contributed by atoms with Gasteiger partial charge in [-0.2, -0.15) is 0 Å². The number of likely N-dealkylation sites (tertiary alicyclic amines) is 1. The zero-order chi connectivity index (χ0) is 17.1. The summed E-state index contributed by atoms with van der Waals surface area (Å²) < 4.78 is 0. The van der Waals surface area contributed by atoms with Crippen molar-refractivity contribution in [1.82, 2.24) is 4.90 Å². The number of hydrogen-bond acceptors (Lipinski definition) is 4. The molecule has 126 valence electrons. The van der Waals surface area contributed by atoms with E-state index in [4.69, 9.17) is 5.73 Å². The molecule has 1 aromatic heterocycles. The minimum Gasteiger partial charge on any atom is -0.366 e. The molecule has 2 atom stereocenters. The molecule has 6 heteroatoms. The second-order valence-corrected chi connectivity index (χ2v) is 7.00. The number of carbonyl (C=O) groups is 2. The van der Waals surface area contributed by atoms with Gasteiger partial charge in [-0.15, -0.1) is 11.3 Å². The lowest BCUT2D eigenvalue weighted by atomic mass is 10.1. The summed E-state index contributed by atoms with van der Waals surface area (Å²) in [6.07, 6.45) is 2.19. The third-order valence-corrected chi connectivity index (χ3v) is 5.45. The van der Waals surface area contributed by atoms with E-state index in [2.05, 4.69) is 27.7 Å². The van der Waals surface area contributed by atoms with Gasteiger partial charge in [0, 0.05) is 22.2 Å². The van der Waals surface area contributed by atoms with Crippen LogP contribution < -0.4 is 11.1 Å². The Bertz CT molecular complexity index is 712. The van der Waals surface area contributed by atoms with Gasteiger partial charge in [0.1, 0.15) is 0 Å². The van der Waals surface area contributed by atoms with Gasteiger partial charge in [-0.1, -0.05) is 6.07 Å². The smallest absolute Gasteiger partial charge is 0.248 e. The highest BCUT2D eigenvalue weighted by molar-refractivity contribution is 7.10. The molecule has 0 radical (unpaired) electrons. The monoisotopic (exact) mass is 343 g/mol. The van der Waals surface area contributed by atoms with E-state index >= 15 is 0 Å². The van der Waals surface area contributed by atoms with Crippen LogP contribution >= 0.6 is 11.3 Å². The molecule has 3 rings (SSSR count). The van der Waals surface area contributed by atoms with Crippen molar-refractivity contribution in [2.45, 2.75) is 31.8 Å². The molecule has 0 spiro atoms. The first-order valence-corrected chi connectivity index (χ1v) is 8.94. The summed E-state index contributed by atoms with van der Waals surface area (Å²) in [5, 5.41) is 5.00. The van der Waals surface area contributed by atoms with Crippen LogP contribution in [0.5, 0.6) is 0 Å². The van der Waals surface area contributed by atoms with E-state index in [0.29, 0.717) is 17.3 Å². The Morgan fingerprint density at radius 3 is 2.67 bits per heavy atom. The molecule has 0 aliphatic carbocycles. The normalized spacial score (nSPS) is 19.1. The first-order chi connectivity index (χ1) is 11.6. The van der Waals surface area contributed by atoms with Gasteiger partial charge in [0.15, 0.2) is 0 Å². The summed E-state index contributed by atoms with van der Waals surface area (Å²) in [5.41, 5.74) is 6.32. The molecule has 1 saturated heterocycles. The molecule has 1 aliphatic heterocycles. The molecule has 2 amide bonds. The molecule has 1 aromatic carbocycles. The lowest BCUT2D eigenvalue weighted by Crippen LogP contribution is -2.41. The van der Waals surface area contributed by atoms with Gasteiger partial charge in [0.2, 0.25) is 11.8 Å². The van der Waals surface area contributed by atoms with Crippen LogP contribution in [0.3, 0.4) is 0 Å². The number of benzene rings is 1. The first-order valence-electron chi connectivity index (χ1n) is 8.06. The van der Waals surface area contributed by atoms with Gasteiger partial charge in [-0.25, -0.2) is 0 Å². The van der Waals surface area contributed by atoms with Gasteiger partial charge in [0.05, 0.1) is 6.04 Å². The van der Waals surface area contributed by atoms with Crippen LogP contribution in [0.25, 0.3) is 0 Å². The Morgan fingerprint density at radius 2 is 2.04 bits per heavy atom. The topological polar surface area (TPSA) is 75.4 Å². The summed E-state index contributed by atoms with van der Waals surface area (Å²) in [6, 6.07) is 10.9. The Labute approximate surface area is 145 Å². The quantitative estimate of drug-likeness (QED) is 0.876. The second-order valence-electron chi connectivity index (χ2n) is 6.02. The maximum Gasteiger partial charge on any atom is 0.248 e. The predicted octanol–water partition coefficient (Wildman–Crippen LogP) is 3.01. The Morgan fingerprint density at radius 1 is 1.29 bits per heavy atom. The predicted molar refractivity (Wildman–Crippen MR) is 96.1 cm³/mol. The Kier molecular flexibility index (Phi) is 4.97. The van der Waals surface area contributed by atoms with Gasteiger partial charge < -0.3 is 11.1 Å². The zero-order valence-electron chi connectivity index (χ0n) is 13.6. The number of thiophene rings is 1. The third-order valence-electron chi connectivity index (χ3n) is 4.48. The van der Waals surface area contributed by atoms with E-state index in [1.54, 1.807) is 35.6 Å². The largest absolute Gasteiger partial charge is 0.366 e. The van der Waals surface area contributed by atoms with Crippen molar-refractivity contribution in [3.05, 3.63) is 52.2 Å². The van der Waals surface area contributed by atoms with Crippen molar-refractivity contribution < 1.29 is 9.59 Å². The van der Waals surface area contributed by atoms with E-state index in [1.807, 2.05) is 6.92 Å². The minimum absolute atomic E-state index is 0.0368. The van der Waals surface area contributed by atoms with Crippen LogP contribution in [0, 0.1) is 0 Å². The molecule has 2 aromatic rings. The summed E-state index contributed by atoms with van der Waals surface area (Å²) in [6.45, 7) is 2.87. The maximum absolute atomic E-state index is 12.6. The van der Waals surface area contributed by atoms with Gasteiger partial charge in [0.25, 0.3) is 0 Å². The van der Waals surface area contributed by atoms with Crippen molar-refractivity contribution in [2.75, 3.05) is 11.9 Å². The average Bonchev–Trinajstić information content (AvgIpc) is 3.25. The fourth-order valence-corrected chi connectivity index (χ4v) is 4.04. The van der Waals surface area contributed by atoms with Crippen molar-refractivity contribution in [3.8, 4) is 0 Å². The number of primary amides is 1. The maximum atomic E-state index is 12.6. The molecular formula is C18H21N3O2S. The molecule has 5 nitrogen and oxygen atoms in total. The van der Waals surface area contributed by atoms with Gasteiger partial charge in [-0.05, 0) is 62.0 Å². The number of rotatable bonds is 5. The van der Waals surface area contributed by atoms with E-state index in [9.17, 15) is 9.59 Å². The number of nitrogens with zero attached hydrogens (tertiary/aromatic N) is 1. The van der Waals surface area contributed by atoms with E-state index in [0.717, 1.165) is 19.4 Å². The standard InChI is InChI=1S/C18H21N3O2S/c1-12(21-10-2-4-15(21)16-5-3-11-24-16)18(23)20-14-8-6-13(7-9-14)17(19)22/h3,5-9,11-12,15H,2,4,10H2,1H3,(H2,19,22)(H,20,23)/t12-,15+/m0/s1. The first kappa shape index (κ1) is 16.7. The van der Waals surface area contributed by atoms with Crippen molar-refractivity contribution >= 4 is 28.8 Å². The fraction of sp³-hybridized carbons (Fsp3) is 0.333. The lowest BCUT2D eigenvalue weighted by Gasteiger charge is -2.29. The number of amides is 2. The molecule has 3 N–H and O–H groups in total. The van der Waals surface area contributed by atoms with Crippen molar-refractivity contribution in [3.63, 3.8) is 0 Å². The summed E-state index contributed by atoms with van der Waals surface area (Å²) in [4.78, 5) is 27.3. The molecule has 24 heavy (non-hydrogen) atoms. The molecule has 1 aliphatic rings. The molecular weight excluding hydrogens is 322 g/mol. The molecule has 0 saturated carbocycles. The van der Waals surface area contributed by atoms with E-state index in [-0.39, 0.29) is 11.9 Å². The van der Waals surface area contributed by atoms with Gasteiger partial charge in [-0.3, -0.25) is 14.5 Å². The third kappa shape index (κ3) is 3.49. The number of anilines is 1. The Hall–Kier alpha value is -2.18. The van der Waals surface area contributed by atoms with E-state index in [1.165, 1.54) is 4.88 Å². The lowest BCUT2D eigenvalue weighted by molar-refractivity contribution is -0.121. The van der Waals surface area contributed by atoms with Crippen LogP contribution in [0.1, 0.15) is 41.0 Å². The molecule has 0 bridgehead atoms. The number of nitrogens with two attached hydrogens (primary N) is 1. The zero-order valence-corrected chi connectivity index (χ0v) is 14.4. The van der Waals surface area contributed by atoms with Crippen LogP contribution in [0.2, 0.25) is 0 Å². The molecule has 1 fully saturated rings. The molecule has 2 heterocycles. The number of nitrogens with one attached hydrogen (secondary N) is 1. The fourth-order valence-electron chi connectivity index (χ4n) is 3.15. The van der Waals surface area contributed by atoms with Crippen LogP contribution in [-0.4, -0.2) is 29.3 Å². The minimum atomic E-state index is -0.475. The summed E-state index contributed by atoms with van der Waals surface area (Å²) in [5.74, 6) is -0.512. The second kappa shape index (κ2) is 7.15.